The van der Waals surface area contributed by atoms with Gasteiger partial charge in [0, 0.05) is 18.0 Å². The summed E-state index contributed by atoms with van der Waals surface area (Å²) in [4.78, 5) is 0. The van der Waals surface area contributed by atoms with Gasteiger partial charge in [-0.1, -0.05) is 24.4 Å². The maximum Gasteiger partial charge on any atom is 0.130 e. The van der Waals surface area contributed by atoms with E-state index in [-0.39, 0.29) is 0 Å². The van der Waals surface area contributed by atoms with Crippen molar-refractivity contribution in [2.75, 3.05) is 0 Å². The molecule has 1 aliphatic carbocycles. The number of halogens is 2. The lowest BCUT2D eigenvalue weighted by Gasteiger charge is -2.25. The van der Waals surface area contributed by atoms with Crippen LogP contribution in [0.4, 0.5) is 0 Å². The highest BCUT2D eigenvalue weighted by Gasteiger charge is 2.23. The minimum Gasteiger partial charge on any atom is -0.257 e. The molecule has 2 nitrogen and oxygen atoms in total. The molecule has 0 saturated heterocycles. The quantitative estimate of drug-likeness (QED) is 0.742. The second kappa shape index (κ2) is 4.97. The van der Waals surface area contributed by atoms with Gasteiger partial charge in [0.15, 0.2) is 0 Å². The van der Waals surface area contributed by atoms with Crippen LogP contribution in [0.25, 0.3) is 0 Å². The fraction of sp³-hybridized carbons (Fsp3) is 0.750. The van der Waals surface area contributed by atoms with Crippen LogP contribution in [0.5, 0.6) is 0 Å². The summed E-state index contributed by atoms with van der Waals surface area (Å²) in [5, 5.41) is 5.49. The third-order valence-corrected chi connectivity index (χ3v) is 4.35. The van der Waals surface area contributed by atoms with Gasteiger partial charge in [-0.15, -0.1) is 11.6 Å². The summed E-state index contributed by atoms with van der Waals surface area (Å²) < 4.78 is 1.76. The first kappa shape index (κ1) is 12.3. The van der Waals surface area contributed by atoms with E-state index in [0.717, 1.165) is 30.1 Å². The Bertz CT molecular complexity index is 373. The Morgan fingerprint density at radius 3 is 2.75 bits per heavy atom. The van der Waals surface area contributed by atoms with Crippen LogP contribution in [-0.2, 0) is 13.5 Å². The number of aryl methyl sites for hydroxylation is 2. The second-order valence-electron chi connectivity index (χ2n) is 4.81. The van der Waals surface area contributed by atoms with Crippen molar-refractivity contribution in [1.82, 2.24) is 9.78 Å². The van der Waals surface area contributed by atoms with Crippen LogP contribution in [0.1, 0.15) is 36.9 Å². The summed E-state index contributed by atoms with van der Waals surface area (Å²) in [6.45, 7) is 2.03. The fourth-order valence-electron chi connectivity index (χ4n) is 2.61. The molecular weight excluding hydrogens is 243 g/mol. The number of alkyl halides is 1. The molecule has 2 atom stereocenters. The fourth-order valence-corrected chi connectivity index (χ4v) is 3.26. The molecule has 90 valence electrons. The predicted molar refractivity (Wildman–Crippen MR) is 68.3 cm³/mol. The molecule has 0 aromatic carbocycles. The predicted octanol–water partition coefficient (Wildman–Crippen LogP) is 3.72. The summed E-state index contributed by atoms with van der Waals surface area (Å²) in [6.07, 6.45) is 5.83. The summed E-state index contributed by atoms with van der Waals surface area (Å²) in [5.41, 5.74) is 2.27. The maximum atomic E-state index is 6.24. The van der Waals surface area contributed by atoms with Crippen molar-refractivity contribution in [3.8, 4) is 0 Å². The lowest BCUT2D eigenvalue weighted by Crippen LogP contribution is -2.17. The van der Waals surface area contributed by atoms with E-state index in [9.17, 15) is 0 Å². The van der Waals surface area contributed by atoms with Crippen molar-refractivity contribution >= 4 is 23.2 Å². The summed E-state index contributed by atoms with van der Waals surface area (Å²) in [7, 11) is 1.89. The molecule has 1 saturated carbocycles. The molecule has 1 aromatic heterocycles. The van der Waals surface area contributed by atoms with Crippen LogP contribution >= 0.6 is 23.2 Å². The van der Waals surface area contributed by atoms with Gasteiger partial charge in [-0.05, 0) is 32.1 Å². The van der Waals surface area contributed by atoms with E-state index >= 15 is 0 Å². The van der Waals surface area contributed by atoms with Crippen LogP contribution in [0, 0.1) is 12.8 Å². The van der Waals surface area contributed by atoms with E-state index < -0.39 is 0 Å². The summed E-state index contributed by atoms with van der Waals surface area (Å²) in [6, 6.07) is 0. The van der Waals surface area contributed by atoms with E-state index in [4.69, 9.17) is 23.2 Å². The normalized spacial score (nSPS) is 26.0. The SMILES string of the molecule is Cc1nn(C)c(Cl)c1CC1CCCC(Cl)C1. The van der Waals surface area contributed by atoms with Crippen molar-refractivity contribution in [3.05, 3.63) is 16.4 Å². The molecular formula is C12H18Cl2N2. The standard InChI is InChI=1S/C12H18Cl2N2/c1-8-11(12(14)16(2)15-8)7-9-4-3-5-10(13)6-9/h9-10H,3-7H2,1-2H3. The summed E-state index contributed by atoms with van der Waals surface area (Å²) >= 11 is 12.4. The smallest absolute Gasteiger partial charge is 0.130 e. The van der Waals surface area contributed by atoms with Crippen molar-refractivity contribution < 1.29 is 0 Å². The third kappa shape index (κ3) is 2.54. The molecule has 1 heterocycles. The van der Waals surface area contributed by atoms with Crippen LogP contribution in [0.3, 0.4) is 0 Å². The number of rotatable bonds is 2. The van der Waals surface area contributed by atoms with Gasteiger partial charge >= 0.3 is 0 Å². The van der Waals surface area contributed by atoms with Crippen molar-refractivity contribution in [2.24, 2.45) is 13.0 Å². The van der Waals surface area contributed by atoms with Gasteiger partial charge in [-0.2, -0.15) is 5.10 Å². The van der Waals surface area contributed by atoms with E-state index in [1.807, 2.05) is 14.0 Å². The average Bonchev–Trinajstić information content (AvgIpc) is 2.45. The molecule has 0 radical (unpaired) electrons. The molecule has 0 bridgehead atoms. The molecule has 16 heavy (non-hydrogen) atoms. The van der Waals surface area contributed by atoms with E-state index in [1.165, 1.54) is 18.4 Å². The van der Waals surface area contributed by atoms with Crippen LogP contribution in [0.2, 0.25) is 5.15 Å². The topological polar surface area (TPSA) is 17.8 Å². The molecule has 0 N–H and O–H groups in total. The molecule has 2 unspecified atom stereocenters. The van der Waals surface area contributed by atoms with Crippen LogP contribution in [0.15, 0.2) is 0 Å². The lowest BCUT2D eigenvalue weighted by atomic mass is 9.84. The Labute approximate surface area is 107 Å². The Balaban J connectivity index is 2.08. The molecule has 2 rings (SSSR count). The first-order chi connectivity index (χ1) is 7.58. The number of nitrogens with zero attached hydrogens (tertiary/aromatic N) is 2. The highest BCUT2D eigenvalue weighted by molar-refractivity contribution is 6.30. The maximum absolute atomic E-state index is 6.24. The van der Waals surface area contributed by atoms with E-state index in [0.29, 0.717) is 11.3 Å². The van der Waals surface area contributed by atoms with Gasteiger partial charge in [0.05, 0.1) is 5.69 Å². The molecule has 0 aliphatic heterocycles. The van der Waals surface area contributed by atoms with E-state index in [2.05, 4.69) is 5.10 Å². The zero-order valence-electron chi connectivity index (χ0n) is 9.84. The first-order valence-corrected chi connectivity index (χ1v) is 6.71. The summed E-state index contributed by atoms with van der Waals surface area (Å²) in [5.74, 6) is 0.677. The van der Waals surface area contributed by atoms with Gasteiger partial charge in [-0.3, -0.25) is 4.68 Å². The van der Waals surface area contributed by atoms with E-state index in [1.54, 1.807) is 4.68 Å². The Morgan fingerprint density at radius 2 is 2.19 bits per heavy atom. The average molecular weight is 261 g/mol. The van der Waals surface area contributed by atoms with Gasteiger partial charge in [-0.25, -0.2) is 0 Å². The molecule has 0 spiro atoms. The van der Waals surface area contributed by atoms with Crippen LogP contribution in [-0.4, -0.2) is 15.2 Å². The van der Waals surface area contributed by atoms with Crippen molar-refractivity contribution in [3.63, 3.8) is 0 Å². The highest BCUT2D eigenvalue weighted by Crippen LogP contribution is 2.32. The largest absolute Gasteiger partial charge is 0.257 e. The lowest BCUT2D eigenvalue weighted by molar-refractivity contribution is 0.361. The number of hydrogen-bond donors (Lipinski definition) is 0. The minimum atomic E-state index is 0.356. The zero-order chi connectivity index (χ0) is 11.7. The third-order valence-electron chi connectivity index (χ3n) is 3.48. The Hall–Kier alpha value is -0.210. The molecule has 0 amide bonds. The minimum absolute atomic E-state index is 0.356. The van der Waals surface area contributed by atoms with Crippen molar-refractivity contribution in [2.45, 2.75) is 44.4 Å². The molecule has 1 fully saturated rings. The van der Waals surface area contributed by atoms with Gasteiger partial charge in [0.1, 0.15) is 5.15 Å². The number of hydrogen-bond acceptors (Lipinski definition) is 1. The number of aromatic nitrogens is 2. The zero-order valence-corrected chi connectivity index (χ0v) is 11.4. The van der Waals surface area contributed by atoms with Gasteiger partial charge < -0.3 is 0 Å². The van der Waals surface area contributed by atoms with Crippen LogP contribution < -0.4 is 0 Å². The highest BCUT2D eigenvalue weighted by atomic mass is 35.5. The monoisotopic (exact) mass is 260 g/mol. The van der Waals surface area contributed by atoms with Gasteiger partial charge in [0.2, 0.25) is 0 Å². The molecule has 1 aliphatic rings. The molecule has 4 heteroatoms. The second-order valence-corrected chi connectivity index (χ2v) is 5.79. The first-order valence-electron chi connectivity index (χ1n) is 5.90. The van der Waals surface area contributed by atoms with Gasteiger partial charge in [0.25, 0.3) is 0 Å². The Kier molecular flexibility index (Phi) is 3.81. The Morgan fingerprint density at radius 1 is 1.44 bits per heavy atom. The van der Waals surface area contributed by atoms with Crippen molar-refractivity contribution in [1.29, 1.82) is 0 Å². The molecule has 1 aromatic rings.